The second kappa shape index (κ2) is 1.75. The fraction of sp³-hybridized carbons (Fsp3) is 0.714. The number of fused-ring (bicyclic) bond motifs is 1. The lowest BCUT2D eigenvalue weighted by atomic mass is 10.1. The first-order valence-corrected chi connectivity index (χ1v) is 3.73. The van der Waals surface area contributed by atoms with Crippen molar-refractivity contribution in [2.24, 2.45) is 0 Å². The first-order valence-electron chi connectivity index (χ1n) is 3.73. The van der Waals surface area contributed by atoms with Crippen LogP contribution in [-0.2, 0) is 9.59 Å². The van der Waals surface area contributed by atoms with E-state index < -0.39 is 0 Å². The third-order valence-corrected chi connectivity index (χ3v) is 2.43. The Morgan fingerprint density at radius 2 is 2.27 bits per heavy atom. The van der Waals surface area contributed by atoms with Crippen molar-refractivity contribution in [2.75, 3.05) is 6.54 Å². The van der Waals surface area contributed by atoms with E-state index in [1.165, 1.54) is 0 Å². The van der Waals surface area contributed by atoms with Crippen molar-refractivity contribution in [3.63, 3.8) is 0 Å². The van der Waals surface area contributed by atoms with Crippen molar-refractivity contribution in [1.82, 2.24) is 10.2 Å². The van der Waals surface area contributed by atoms with E-state index >= 15 is 0 Å². The molecule has 2 saturated heterocycles. The molecule has 0 aromatic carbocycles. The largest absolute Gasteiger partial charge is 0.332 e. The normalized spacial score (nSPS) is 35.9. The highest BCUT2D eigenvalue weighted by molar-refractivity contribution is 5.91. The van der Waals surface area contributed by atoms with Crippen LogP contribution >= 0.6 is 0 Å². The summed E-state index contributed by atoms with van der Waals surface area (Å²) in [6.45, 7) is 2.14. The van der Waals surface area contributed by atoms with Crippen molar-refractivity contribution in [2.45, 2.75) is 25.4 Å². The van der Waals surface area contributed by atoms with Crippen molar-refractivity contribution in [3.8, 4) is 0 Å². The van der Waals surface area contributed by atoms with Crippen LogP contribution in [0.2, 0.25) is 0 Å². The summed E-state index contributed by atoms with van der Waals surface area (Å²) in [4.78, 5) is 23.7. The van der Waals surface area contributed by atoms with Crippen LogP contribution in [-0.4, -0.2) is 28.9 Å². The van der Waals surface area contributed by atoms with Gasteiger partial charge < -0.3 is 10.2 Å². The topological polar surface area (TPSA) is 49.4 Å². The predicted molar refractivity (Wildman–Crippen MR) is 37.5 cm³/mol. The summed E-state index contributed by atoms with van der Waals surface area (Å²) in [6.07, 6.45) is 1.31. The second-order valence-corrected chi connectivity index (χ2v) is 3.30. The molecule has 60 valence electrons. The standard InChI is InChI=1S/C7H10N2O2/c1-7-3-2-6(11)9(7)4-5(10)8-7/h2-4H2,1H3,(H,8,10)/t7-/m0/s1. The van der Waals surface area contributed by atoms with Crippen molar-refractivity contribution < 1.29 is 9.59 Å². The highest BCUT2D eigenvalue weighted by Crippen LogP contribution is 2.30. The van der Waals surface area contributed by atoms with Gasteiger partial charge in [-0.2, -0.15) is 0 Å². The first kappa shape index (κ1) is 6.64. The van der Waals surface area contributed by atoms with Crippen LogP contribution < -0.4 is 5.32 Å². The number of nitrogens with one attached hydrogen (secondary N) is 1. The van der Waals surface area contributed by atoms with Crippen molar-refractivity contribution in [3.05, 3.63) is 0 Å². The number of hydrogen-bond donors (Lipinski definition) is 1. The maximum atomic E-state index is 11.1. The fourth-order valence-electron chi connectivity index (χ4n) is 1.77. The molecule has 0 aliphatic carbocycles. The van der Waals surface area contributed by atoms with E-state index in [1.54, 1.807) is 4.90 Å². The molecule has 0 aromatic heterocycles. The zero-order valence-corrected chi connectivity index (χ0v) is 6.39. The highest BCUT2D eigenvalue weighted by atomic mass is 16.2. The third-order valence-electron chi connectivity index (χ3n) is 2.43. The lowest BCUT2D eigenvalue weighted by Crippen LogP contribution is -2.45. The van der Waals surface area contributed by atoms with Crippen LogP contribution in [0.3, 0.4) is 0 Å². The second-order valence-electron chi connectivity index (χ2n) is 3.30. The predicted octanol–water partition coefficient (Wildman–Crippen LogP) is -0.545. The molecular formula is C7H10N2O2. The summed E-state index contributed by atoms with van der Waals surface area (Å²) < 4.78 is 0. The molecule has 0 unspecified atom stereocenters. The molecule has 2 fully saturated rings. The average molecular weight is 154 g/mol. The molecule has 2 heterocycles. The van der Waals surface area contributed by atoms with Crippen molar-refractivity contribution >= 4 is 11.8 Å². The summed E-state index contributed by atoms with van der Waals surface area (Å²) in [5.41, 5.74) is -0.367. The Morgan fingerprint density at radius 3 is 2.91 bits per heavy atom. The van der Waals surface area contributed by atoms with Crippen LogP contribution in [0.25, 0.3) is 0 Å². The molecule has 0 aromatic rings. The molecular weight excluding hydrogens is 144 g/mol. The smallest absolute Gasteiger partial charge is 0.241 e. The van der Waals surface area contributed by atoms with Gasteiger partial charge in [-0.05, 0) is 13.3 Å². The summed E-state index contributed by atoms with van der Waals surface area (Å²) in [7, 11) is 0. The Kier molecular flexibility index (Phi) is 1.06. The van der Waals surface area contributed by atoms with Crippen LogP contribution in [0.4, 0.5) is 0 Å². The number of carbonyl (C=O) groups excluding carboxylic acids is 2. The van der Waals surface area contributed by atoms with Gasteiger partial charge in [-0.1, -0.05) is 0 Å². The first-order chi connectivity index (χ1) is 5.12. The number of rotatable bonds is 0. The molecule has 1 atom stereocenters. The van der Waals surface area contributed by atoms with E-state index in [-0.39, 0.29) is 24.0 Å². The Labute approximate surface area is 64.5 Å². The average Bonchev–Trinajstić information content (AvgIpc) is 2.32. The van der Waals surface area contributed by atoms with E-state index in [9.17, 15) is 9.59 Å². The van der Waals surface area contributed by atoms with Gasteiger partial charge in [0.2, 0.25) is 11.8 Å². The van der Waals surface area contributed by atoms with Gasteiger partial charge in [-0.15, -0.1) is 0 Å². The number of carbonyl (C=O) groups is 2. The molecule has 2 aliphatic heterocycles. The summed E-state index contributed by atoms with van der Waals surface area (Å²) in [5, 5.41) is 2.79. The minimum absolute atomic E-state index is 0.0412. The molecule has 0 bridgehead atoms. The minimum Gasteiger partial charge on any atom is -0.332 e. The molecule has 0 saturated carbocycles. The lowest BCUT2D eigenvalue weighted by molar-refractivity contribution is -0.130. The van der Waals surface area contributed by atoms with Gasteiger partial charge in [0.25, 0.3) is 0 Å². The molecule has 0 spiro atoms. The highest BCUT2D eigenvalue weighted by Gasteiger charge is 2.47. The number of amides is 2. The van der Waals surface area contributed by atoms with Gasteiger partial charge in [0, 0.05) is 6.42 Å². The van der Waals surface area contributed by atoms with Gasteiger partial charge in [-0.25, -0.2) is 0 Å². The van der Waals surface area contributed by atoms with Gasteiger partial charge in [0.15, 0.2) is 0 Å². The quantitative estimate of drug-likeness (QED) is 0.509. The van der Waals surface area contributed by atoms with Gasteiger partial charge >= 0.3 is 0 Å². The lowest BCUT2D eigenvalue weighted by Gasteiger charge is -2.25. The zero-order valence-electron chi connectivity index (χ0n) is 6.39. The molecule has 2 aliphatic rings. The maximum absolute atomic E-state index is 11.1. The Bertz CT molecular complexity index is 239. The molecule has 1 N–H and O–H groups in total. The Morgan fingerprint density at radius 1 is 1.55 bits per heavy atom. The molecule has 0 radical (unpaired) electrons. The van der Waals surface area contributed by atoms with Crippen LogP contribution in [0.5, 0.6) is 0 Å². The van der Waals surface area contributed by atoms with Crippen LogP contribution in [0, 0.1) is 0 Å². The molecule has 2 rings (SSSR count). The maximum Gasteiger partial charge on any atom is 0.241 e. The molecule has 11 heavy (non-hydrogen) atoms. The monoisotopic (exact) mass is 154 g/mol. The van der Waals surface area contributed by atoms with E-state index in [1.807, 2.05) is 6.92 Å². The molecule has 4 nitrogen and oxygen atoms in total. The van der Waals surface area contributed by atoms with Crippen LogP contribution in [0.1, 0.15) is 19.8 Å². The van der Waals surface area contributed by atoms with Crippen molar-refractivity contribution in [1.29, 1.82) is 0 Å². The number of nitrogens with zero attached hydrogens (tertiary/aromatic N) is 1. The summed E-state index contributed by atoms with van der Waals surface area (Å²) >= 11 is 0. The Hall–Kier alpha value is -1.06. The minimum atomic E-state index is -0.367. The number of hydrogen-bond acceptors (Lipinski definition) is 2. The van der Waals surface area contributed by atoms with E-state index in [0.29, 0.717) is 6.42 Å². The van der Waals surface area contributed by atoms with E-state index in [0.717, 1.165) is 6.42 Å². The fourth-order valence-corrected chi connectivity index (χ4v) is 1.77. The van der Waals surface area contributed by atoms with E-state index in [4.69, 9.17) is 0 Å². The SMILES string of the molecule is C[C@@]12CCC(=O)N1CC(=O)N2. The van der Waals surface area contributed by atoms with E-state index in [2.05, 4.69) is 5.32 Å². The van der Waals surface area contributed by atoms with Gasteiger partial charge in [0.05, 0.1) is 0 Å². The van der Waals surface area contributed by atoms with Gasteiger partial charge in [-0.3, -0.25) is 9.59 Å². The molecule has 2 amide bonds. The zero-order chi connectivity index (χ0) is 8.06. The third kappa shape index (κ3) is 0.751. The summed E-state index contributed by atoms with van der Waals surface area (Å²) in [6, 6.07) is 0. The van der Waals surface area contributed by atoms with Gasteiger partial charge in [0.1, 0.15) is 12.2 Å². The molecule has 4 heteroatoms. The summed E-state index contributed by atoms with van der Waals surface area (Å²) in [5.74, 6) is 0.0476. The Balaban J connectivity index is 2.31. The van der Waals surface area contributed by atoms with Crippen LogP contribution in [0.15, 0.2) is 0 Å².